The monoisotopic (exact) mass is 418 g/mol. The molecule has 160 valence electrons. The third kappa shape index (κ3) is 6.30. The average molecular weight is 419 g/mol. The molecule has 0 saturated carbocycles. The SMILES string of the molecule is CC(=O)O[C@H]1[C@H]([C@@H](CO[Si](C)(C)C(C)(C)C)OC(C)=O)OC(=O)[C@@H]1OC(C)=O. The topological polar surface area (TPSA) is 114 Å². The Morgan fingerprint density at radius 3 is 2.00 bits per heavy atom. The summed E-state index contributed by atoms with van der Waals surface area (Å²) in [6.45, 7) is 13.6. The Morgan fingerprint density at radius 2 is 1.57 bits per heavy atom. The Balaban J connectivity index is 3.12. The van der Waals surface area contributed by atoms with Crippen molar-refractivity contribution in [3.05, 3.63) is 0 Å². The average Bonchev–Trinajstić information content (AvgIpc) is 2.78. The predicted octanol–water partition coefficient (Wildman–Crippen LogP) is 1.73. The van der Waals surface area contributed by atoms with Crippen LogP contribution in [0.1, 0.15) is 41.5 Å². The van der Waals surface area contributed by atoms with E-state index in [9.17, 15) is 19.2 Å². The summed E-state index contributed by atoms with van der Waals surface area (Å²) in [4.78, 5) is 46.6. The van der Waals surface area contributed by atoms with E-state index < -0.39 is 56.6 Å². The van der Waals surface area contributed by atoms with Gasteiger partial charge in [0.05, 0.1) is 6.61 Å². The molecular formula is C18H30O9Si. The first-order chi connectivity index (χ1) is 12.7. The molecule has 10 heteroatoms. The Kier molecular flexibility index (Phi) is 7.78. The van der Waals surface area contributed by atoms with Gasteiger partial charge in [0.15, 0.2) is 26.6 Å². The summed E-state index contributed by atoms with van der Waals surface area (Å²) in [6.07, 6.45) is -4.87. The number of hydrogen-bond donors (Lipinski definition) is 0. The molecule has 1 aliphatic heterocycles. The van der Waals surface area contributed by atoms with Crippen LogP contribution in [0.15, 0.2) is 0 Å². The molecule has 0 unspecified atom stereocenters. The van der Waals surface area contributed by atoms with Crippen LogP contribution in [0.4, 0.5) is 0 Å². The van der Waals surface area contributed by atoms with Crippen LogP contribution in [-0.4, -0.2) is 63.2 Å². The van der Waals surface area contributed by atoms with Crippen molar-refractivity contribution >= 4 is 32.2 Å². The van der Waals surface area contributed by atoms with Crippen LogP contribution in [0.2, 0.25) is 18.1 Å². The van der Waals surface area contributed by atoms with E-state index in [0.717, 1.165) is 13.8 Å². The fraction of sp³-hybridized carbons (Fsp3) is 0.778. The fourth-order valence-electron chi connectivity index (χ4n) is 2.39. The Morgan fingerprint density at radius 1 is 1.04 bits per heavy atom. The first-order valence-electron chi connectivity index (χ1n) is 9.02. The molecule has 0 aromatic carbocycles. The molecule has 0 amide bonds. The van der Waals surface area contributed by atoms with Crippen LogP contribution in [0.25, 0.3) is 0 Å². The second-order valence-corrected chi connectivity index (χ2v) is 13.0. The molecule has 0 aromatic rings. The maximum absolute atomic E-state index is 12.2. The lowest BCUT2D eigenvalue weighted by Crippen LogP contribution is -2.49. The molecule has 4 atom stereocenters. The number of esters is 4. The van der Waals surface area contributed by atoms with Gasteiger partial charge in [-0.05, 0) is 18.1 Å². The zero-order valence-electron chi connectivity index (χ0n) is 17.7. The summed E-state index contributed by atoms with van der Waals surface area (Å²) in [6, 6.07) is 0. The van der Waals surface area contributed by atoms with E-state index in [1.54, 1.807) is 0 Å². The zero-order chi connectivity index (χ0) is 21.9. The largest absolute Gasteiger partial charge is 0.456 e. The lowest BCUT2D eigenvalue weighted by Gasteiger charge is -2.38. The summed E-state index contributed by atoms with van der Waals surface area (Å²) in [5.74, 6) is -2.92. The summed E-state index contributed by atoms with van der Waals surface area (Å²) < 4.78 is 26.8. The van der Waals surface area contributed by atoms with Gasteiger partial charge in [-0.3, -0.25) is 14.4 Å². The smallest absolute Gasteiger partial charge is 0.352 e. The van der Waals surface area contributed by atoms with Crippen molar-refractivity contribution in [2.75, 3.05) is 6.61 Å². The van der Waals surface area contributed by atoms with Crippen molar-refractivity contribution in [1.82, 2.24) is 0 Å². The fourth-order valence-corrected chi connectivity index (χ4v) is 3.41. The van der Waals surface area contributed by atoms with E-state index in [0.29, 0.717) is 0 Å². The third-order valence-corrected chi connectivity index (χ3v) is 9.30. The van der Waals surface area contributed by atoms with Gasteiger partial charge in [0.1, 0.15) is 0 Å². The minimum Gasteiger partial charge on any atom is -0.456 e. The lowest BCUT2D eigenvalue weighted by molar-refractivity contribution is -0.172. The van der Waals surface area contributed by atoms with Crippen molar-refractivity contribution in [3.8, 4) is 0 Å². The molecule has 1 aliphatic rings. The highest BCUT2D eigenvalue weighted by Gasteiger charge is 2.54. The highest BCUT2D eigenvalue weighted by atomic mass is 28.4. The minimum absolute atomic E-state index is 0.0570. The second-order valence-electron chi connectivity index (χ2n) is 8.22. The number of cyclic esters (lactones) is 1. The van der Waals surface area contributed by atoms with Crippen LogP contribution >= 0.6 is 0 Å². The molecule has 0 aromatic heterocycles. The zero-order valence-corrected chi connectivity index (χ0v) is 18.7. The van der Waals surface area contributed by atoms with Gasteiger partial charge in [-0.15, -0.1) is 0 Å². The molecule has 0 bridgehead atoms. The first-order valence-corrected chi connectivity index (χ1v) is 11.9. The maximum atomic E-state index is 12.2. The van der Waals surface area contributed by atoms with Gasteiger partial charge >= 0.3 is 23.9 Å². The standard InChI is InChI=1S/C18H30O9Si/c1-10(19)24-13(9-23-28(7,8)18(4,5)6)14-15(25-11(2)20)16(17(22)27-14)26-12(3)21/h13-16H,9H2,1-8H3/t13-,14+,15+,16-/m1/s1. The van der Waals surface area contributed by atoms with E-state index in [-0.39, 0.29) is 11.6 Å². The summed E-state index contributed by atoms with van der Waals surface area (Å²) >= 11 is 0. The van der Waals surface area contributed by atoms with Crippen molar-refractivity contribution < 1.29 is 42.6 Å². The lowest BCUT2D eigenvalue weighted by atomic mass is 10.1. The third-order valence-electron chi connectivity index (χ3n) is 4.80. The molecule has 0 spiro atoms. The highest BCUT2D eigenvalue weighted by molar-refractivity contribution is 6.74. The molecular weight excluding hydrogens is 388 g/mol. The van der Waals surface area contributed by atoms with Gasteiger partial charge in [0.2, 0.25) is 6.10 Å². The number of carbonyl (C=O) groups excluding carboxylic acids is 4. The molecule has 1 fully saturated rings. The molecule has 28 heavy (non-hydrogen) atoms. The molecule has 0 aliphatic carbocycles. The van der Waals surface area contributed by atoms with E-state index in [1.807, 2.05) is 33.9 Å². The van der Waals surface area contributed by atoms with Crippen molar-refractivity contribution in [1.29, 1.82) is 0 Å². The minimum atomic E-state index is -2.21. The van der Waals surface area contributed by atoms with Crippen LogP contribution in [0.5, 0.6) is 0 Å². The van der Waals surface area contributed by atoms with E-state index in [2.05, 4.69) is 0 Å². The number of rotatable bonds is 7. The van der Waals surface area contributed by atoms with Crippen molar-refractivity contribution in [2.45, 2.75) is 84.1 Å². The quantitative estimate of drug-likeness (QED) is 0.346. The van der Waals surface area contributed by atoms with Gasteiger partial charge in [-0.1, -0.05) is 20.8 Å². The maximum Gasteiger partial charge on any atom is 0.352 e. The van der Waals surface area contributed by atoms with E-state index in [4.69, 9.17) is 23.4 Å². The molecule has 1 heterocycles. The van der Waals surface area contributed by atoms with Crippen molar-refractivity contribution in [2.24, 2.45) is 0 Å². The summed E-state index contributed by atoms with van der Waals surface area (Å²) in [5.41, 5.74) is 0. The van der Waals surface area contributed by atoms with E-state index in [1.165, 1.54) is 6.92 Å². The predicted molar refractivity (Wildman–Crippen MR) is 99.7 cm³/mol. The van der Waals surface area contributed by atoms with Crippen LogP contribution in [0, 0.1) is 0 Å². The normalized spacial score (nSPS) is 23.6. The molecule has 1 rings (SSSR count). The van der Waals surface area contributed by atoms with Gasteiger partial charge in [0.25, 0.3) is 0 Å². The number of carbonyl (C=O) groups is 4. The Hall–Kier alpha value is -1.94. The van der Waals surface area contributed by atoms with E-state index >= 15 is 0 Å². The van der Waals surface area contributed by atoms with Crippen LogP contribution < -0.4 is 0 Å². The highest BCUT2D eigenvalue weighted by Crippen LogP contribution is 2.37. The molecule has 9 nitrogen and oxygen atoms in total. The van der Waals surface area contributed by atoms with Gasteiger partial charge in [-0.25, -0.2) is 4.79 Å². The molecule has 1 saturated heterocycles. The molecule has 0 N–H and O–H groups in total. The van der Waals surface area contributed by atoms with Gasteiger partial charge in [-0.2, -0.15) is 0 Å². The number of ether oxygens (including phenoxy) is 4. The van der Waals surface area contributed by atoms with Gasteiger partial charge in [0, 0.05) is 20.8 Å². The number of hydrogen-bond acceptors (Lipinski definition) is 9. The second kappa shape index (κ2) is 9.04. The Labute approximate surface area is 166 Å². The Bertz CT molecular complexity index is 623. The first kappa shape index (κ1) is 24.1. The van der Waals surface area contributed by atoms with Gasteiger partial charge < -0.3 is 23.4 Å². The summed E-state index contributed by atoms with van der Waals surface area (Å²) in [7, 11) is -2.21. The van der Waals surface area contributed by atoms with Crippen molar-refractivity contribution in [3.63, 3.8) is 0 Å². The summed E-state index contributed by atoms with van der Waals surface area (Å²) in [5, 5.41) is -0.101. The van der Waals surface area contributed by atoms with Crippen LogP contribution in [-0.2, 0) is 42.6 Å². The van der Waals surface area contributed by atoms with Crippen LogP contribution in [0.3, 0.4) is 0 Å². The molecule has 0 radical (unpaired) electrons.